The number of aryl methyl sites for hydroxylation is 1. The molecular formula is C14H18N2. The van der Waals surface area contributed by atoms with Crippen molar-refractivity contribution >= 4 is 0 Å². The fourth-order valence-corrected chi connectivity index (χ4v) is 2.34. The van der Waals surface area contributed by atoms with E-state index in [9.17, 15) is 0 Å². The van der Waals surface area contributed by atoms with E-state index in [4.69, 9.17) is 5.26 Å². The molecule has 0 saturated carbocycles. The van der Waals surface area contributed by atoms with Gasteiger partial charge in [-0.25, -0.2) is 0 Å². The van der Waals surface area contributed by atoms with Crippen molar-refractivity contribution in [2.75, 3.05) is 13.1 Å². The monoisotopic (exact) mass is 214 g/mol. The van der Waals surface area contributed by atoms with Gasteiger partial charge in [0.1, 0.15) is 0 Å². The Morgan fingerprint density at radius 2 is 2.38 bits per heavy atom. The summed E-state index contributed by atoms with van der Waals surface area (Å²) < 4.78 is 0. The van der Waals surface area contributed by atoms with Crippen LogP contribution in [0.15, 0.2) is 24.3 Å². The highest BCUT2D eigenvalue weighted by atomic mass is 14.9. The van der Waals surface area contributed by atoms with Crippen molar-refractivity contribution in [2.45, 2.75) is 25.7 Å². The lowest BCUT2D eigenvalue weighted by molar-refractivity contribution is 0.358. The quantitative estimate of drug-likeness (QED) is 0.839. The maximum Gasteiger partial charge on any atom is 0.0991 e. The van der Waals surface area contributed by atoms with Crippen molar-refractivity contribution in [1.29, 1.82) is 5.26 Å². The van der Waals surface area contributed by atoms with E-state index in [1.54, 1.807) is 0 Å². The third-order valence-corrected chi connectivity index (χ3v) is 3.30. The van der Waals surface area contributed by atoms with Gasteiger partial charge in [-0.2, -0.15) is 5.26 Å². The first-order chi connectivity index (χ1) is 7.88. The number of nitrogens with zero attached hydrogens (tertiary/aromatic N) is 1. The zero-order chi connectivity index (χ0) is 11.2. The molecule has 1 saturated heterocycles. The van der Waals surface area contributed by atoms with Gasteiger partial charge in [0.05, 0.1) is 11.6 Å². The van der Waals surface area contributed by atoms with E-state index in [1.807, 2.05) is 18.2 Å². The molecule has 0 aliphatic carbocycles. The van der Waals surface area contributed by atoms with Gasteiger partial charge in [0.15, 0.2) is 0 Å². The first-order valence-corrected chi connectivity index (χ1v) is 6.08. The molecule has 16 heavy (non-hydrogen) atoms. The van der Waals surface area contributed by atoms with Crippen LogP contribution in [0.3, 0.4) is 0 Å². The standard InChI is InChI=1S/C14H18N2/c15-10-14-4-1-3-12(9-14)6-7-13-5-2-8-16-11-13/h1,3-4,9,13,16H,2,5-8,11H2. The molecular weight excluding hydrogens is 196 g/mol. The number of benzene rings is 1. The van der Waals surface area contributed by atoms with E-state index in [0.717, 1.165) is 24.4 Å². The lowest BCUT2D eigenvalue weighted by atomic mass is 9.92. The molecule has 1 aromatic rings. The van der Waals surface area contributed by atoms with Crippen LogP contribution < -0.4 is 5.32 Å². The van der Waals surface area contributed by atoms with Crippen LogP contribution in [-0.2, 0) is 6.42 Å². The minimum Gasteiger partial charge on any atom is -0.316 e. The van der Waals surface area contributed by atoms with E-state index in [2.05, 4.69) is 17.5 Å². The van der Waals surface area contributed by atoms with Crippen molar-refractivity contribution in [2.24, 2.45) is 5.92 Å². The van der Waals surface area contributed by atoms with Crippen LogP contribution in [0.4, 0.5) is 0 Å². The Balaban J connectivity index is 1.86. The maximum atomic E-state index is 8.82. The molecule has 0 bridgehead atoms. The molecule has 1 aliphatic rings. The van der Waals surface area contributed by atoms with Crippen molar-refractivity contribution in [3.8, 4) is 6.07 Å². The number of rotatable bonds is 3. The molecule has 0 radical (unpaired) electrons. The van der Waals surface area contributed by atoms with Crippen molar-refractivity contribution in [1.82, 2.24) is 5.32 Å². The molecule has 2 rings (SSSR count). The Hall–Kier alpha value is -1.33. The number of nitriles is 1. The highest BCUT2D eigenvalue weighted by molar-refractivity contribution is 5.32. The summed E-state index contributed by atoms with van der Waals surface area (Å²) in [5, 5.41) is 12.3. The summed E-state index contributed by atoms with van der Waals surface area (Å²) in [4.78, 5) is 0. The number of nitrogens with one attached hydrogen (secondary N) is 1. The van der Waals surface area contributed by atoms with Gasteiger partial charge in [-0.1, -0.05) is 12.1 Å². The molecule has 1 aliphatic heterocycles. The summed E-state index contributed by atoms with van der Waals surface area (Å²) in [6.07, 6.45) is 5.00. The summed E-state index contributed by atoms with van der Waals surface area (Å²) in [6.45, 7) is 2.35. The molecule has 1 atom stereocenters. The highest BCUT2D eigenvalue weighted by Gasteiger charge is 2.12. The second-order valence-electron chi connectivity index (χ2n) is 4.56. The Morgan fingerprint density at radius 3 is 3.12 bits per heavy atom. The van der Waals surface area contributed by atoms with Gasteiger partial charge < -0.3 is 5.32 Å². The van der Waals surface area contributed by atoms with Gasteiger partial charge in [-0.15, -0.1) is 0 Å². The average Bonchev–Trinajstić information content (AvgIpc) is 2.38. The van der Waals surface area contributed by atoms with Gasteiger partial charge in [0.25, 0.3) is 0 Å². The van der Waals surface area contributed by atoms with E-state index >= 15 is 0 Å². The second-order valence-corrected chi connectivity index (χ2v) is 4.56. The summed E-state index contributed by atoms with van der Waals surface area (Å²) in [5.74, 6) is 0.819. The maximum absolute atomic E-state index is 8.82. The van der Waals surface area contributed by atoms with E-state index in [-0.39, 0.29) is 0 Å². The van der Waals surface area contributed by atoms with E-state index in [0.29, 0.717) is 0 Å². The molecule has 2 nitrogen and oxygen atoms in total. The Kier molecular flexibility index (Phi) is 3.96. The summed E-state index contributed by atoms with van der Waals surface area (Å²) in [7, 11) is 0. The summed E-state index contributed by atoms with van der Waals surface area (Å²) in [6, 6.07) is 10.2. The van der Waals surface area contributed by atoms with E-state index in [1.165, 1.54) is 31.4 Å². The summed E-state index contributed by atoms with van der Waals surface area (Å²) >= 11 is 0. The SMILES string of the molecule is N#Cc1cccc(CCC2CCCNC2)c1. The molecule has 0 amide bonds. The van der Waals surface area contributed by atoms with Gasteiger partial charge in [-0.05, 0) is 62.4 Å². The molecule has 84 valence electrons. The number of hydrogen-bond acceptors (Lipinski definition) is 2. The number of piperidine rings is 1. The zero-order valence-corrected chi connectivity index (χ0v) is 9.58. The van der Waals surface area contributed by atoms with Crippen LogP contribution in [0.1, 0.15) is 30.4 Å². The van der Waals surface area contributed by atoms with Gasteiger partial charge in [-0.3, -0.25) is 0 Å². The Morgan fingerprint density at radius 1 is 1.44 bits per heavy atom. The van der Waals surface area contributed by atoms with Crippen LogP contribution >= 0.6 is 0 Å². The Bertz CT molecular complexity index is 373. The van der Waals surface area contributed by atoms with Gasteiger partial charge in [0, 0.05) is 0 Å². The van der Waals surface area contributed by atoms with Crippen LogP contribution in [0.2, 0.25) is 0 Å². The fourth-order valence-electron chi connectivity index (χ4n) is 2.34. The third kappa shape index (κ3) is 3.08. The molecule has 1 heterocycles. The topological polar surface area (TPSA) is 35.8 Å². The van der Waals surface area contributed by atoms with Crippen LogP contribution in [0.25, 0.3) is 0 Å². The van der Waals surface area contributed by atoms with E-state index < -0.39 is 0 Å². The molecule has 1 N–H and O–H groups in total. The van der Waals surface area contributed by atoms with Crippen LogP contribution in [0.5, 0.6) is 0 Å². The molecule has 1 fully saturated rings. The fraction of sp³-hybridized carbons (Fsp3) is 0.500. The minimum atomic E-state index is 0.777. The molecule has 1 unspecified atom stereocenters. The van der Waals surface area contributed by atoms with Crippen molar-refractivity contribution in [3.05, 3.63) is 35.4 Å². The van der Waals surface area contributed by atoms with Gasteiger partial charge in [0.2, 0.25) is 0 Å². The molecule has 1 aromatic carbocycles. The minimum absolute atomic E-state index is 0.777. The highest BCUT2D eigenvalue weighted by Crippen LogP contribution is 2.17. The third-order valence-electron chi connectivity index (χ3n) is 3.30. The predicted molar refractivity (Wildman–Crippen MR) is 65.1 cm³/mol. The average molecular weight is 214 g/mol. The first kappa shape index (κ1) is 11.2. The lowest BCUT2D eigenvalue weighted by Crippen LogP contribution is -2.29. The van der Waals surface area contributed by atoms with Gasteiger partial charge >= 0.3 is 0 Å². The largest absolute Gasteiger partial charge is 0.316 e. The molecule has 2 heteroatoms. The lowest BCUT2D eigenvalue weighted by Gasteiger charge is -2.22. The predicted octanol–water partition coefficient (Wildman–Crippen LogP) is 2.49. The zero-order valence-electron chi connectivity index (χ0n) is 9.58. The second kappa shape index (κ2) is 5.67. The van der Waals surface area contributed by atoms with Crippen LogP contribution in [-0.4, -0.2) is 13.1 Å². The van der Waals surface area contributed by atoms with Crippen molar-refractivity contribution < 1.29 is 0 Å². The van der Waals surface area contributed by atoms with Crippen LogP contribution in [0, 0.1) is 17.2 Å². The number of hydrogen-bond donors (Lipinski definition) is 1. The molecule has 0 spiro atoms. The first-order valence-electron chi connectivity index (χ1n) is 6.08. The smallest absolute Gasteiger partial charge is 0.0991 e. The molecule has 0 aromatic heterocycles. The normalized spacial score (nSPS) is 20.3. The van der Waals surface area contributed by atoms with Crippen molar-refractivity contribution in [3.63, 3.8) is 0 Å². The Labute approximate surface area is 97.3 Å². The summed E-state index contributed by atoms with van der Waals surface area (Å²) in [5.41, 5.74) is 2.07.